The third kappa shape index (κ3) is 12.7. The first-order chi connectivity index (χ1) is 37.9. The monoisotopic (exact) mass is 1100 g/mol. The molecule has 0 bridgehead atoms. The van der Waals surface area contributed by atoms with Crippen molar-refractivity contribution in [1.29, 1.82) is 0 Å². The zero-order chi connectivity index (χ0) is 54.3. The minimum atomic E-state index is -0.638. The molecule has 0 saturated carbocycles. The van der Waals surface area contributed by atoms with Gasteiger partial charge in [0.25, 0.3) is 5.91 Å². The molecule has 0 aliphatic carbocycles. The number of amides is 4. The lowest BCUT2D eigenvalue weighted by Crippen LogP contribution is -2.52. The molecule has 5 aliphatic heterocycles. The summed E-state index contributed by atoms with van der Waals surface area (Å²) < 4.78 is 20.7. The number of carbonyl (C=O) groups excluding carboxylic acids is 5. The third-order valence-electron chi connectivity index (χ3n) is 15.0. The number of imide groups is 1. The Morgan fingerprint density at radius 1 is 0.897 bits per heavy atom. The number of nitrogens with one attached hydrogen (secondary N) is 2. The highest BCUT2D eigenvalue weighted by atomic mass is 35.5. The molecule has 3 aromatic heterocycles. The summed E-state index contributed by atoms with van der Waals surface area (Å²) in [5.74, 6) is 6.87. The first kappa shape index (κ1) is 54.6. The Kier molecular flexibility index (Phi) is 17.4. The van der Waals surface area contributed by atoms with Crippen molar-refractivity contribution in [2.75, 3.05) is 91.2 Å². The lowest BCUT2D eigenvalue weighted by Gasteiger charge is -2.33. The van der Waals surface area contributed by atoms with Crippen LogP contribution in [0.1, 0.15) is 106 Å². The number of piperidine rings is 2. The minimum Gasteiger partial charge on any atom is -0.463 e. The number of aliphatic imine (C=N–C) groups is 1. The number of likely N-dealkylation sites (tertiary alicyclic amines) is 1. The number of ether oxygens (including phenoxy) is 3. The van der Waals surface area contributed by atoms with Crippen LogP contribution in [0, 0.1) is 25.7 Å². The molecule has 2 aromatic carbocycles. The zero-order valence-electron chi connectivity index (χ0n) is 44.3. The number of esters is 1. The maximum atomic E-state index is 13.7. The Morgan fingerprint density at radius 3 is 2.45 bits per heavy atom. The summed E-state index contributed by atoms with van der Waals surface area (Å²) in [5, 5.41) is 21.1. The number of carbonyl (C=O) groups is 5. The highest BCUT2D eigenvalue weighted by Gasteiger charge is 2.40. The Bertz CT molecular complexity index is 3130. The fourth-order valence-electron chi connectivity index (χ4n) is 10.6. The van der Waals surface area contributed by atoms with E-state index in [0.717, 1.165) is 94.7 Å². The second kappa shape index (κ2) is 24.9. The SMILES string of the molecule is Cc1c(C#Cc2cnn(CCCC(=O)OCCOCCOCCN3CCC(Nc4cccc5c4CN(C4CCC(=O)NC4=O)C5=O)CC3)c2)sc2c1C(c1ccc(Cl)cc1)=N[C@@H](CC(=O)N1CCN(C)CC1)c1nnc(C)n1-2. The predicted molar refractivity (Wildman–Crippen MR) is 293 cm³/mol. The van der Waals surface area contributed by atoms with Gasteiger partial charge in [0, 0.05) is 117 Å². The van der Waals surface area contributed by atoms with E-state index in [-0.39, 0.29) is 62.2 Å². The van der Waals surface area contributed by atoms with Crippen LogP contribution in [0.25, 0.3) is 5.00 Å². The lowest BCUT2D eigenvalue weighted by atomic mass is 9.99. The van der Waals surface area contributed by atoms with Crippen molar-refractivity contribution in [3.63, 3.8) is 0 Å². The van der Waals surface area contributed by atoms with Crippen molar-refractivity contribution in [3.05, 3.63) is 110 Å². The fraction of sp³-hybridized carbons (Fsp3) is 0.482. The van der Waals surface area contributed by atoms with Crippen LogP contribution in [-0.2, 0) is 46.5 Å². The first-order valence-electron chi connectivity index (χ1n) is 26.8. The number of hydrogen-bond donors (Lipinski definition) is 2. The van der Waals surface area contributed by atoms with Gasteiger partial charge in [-0.25, -0.2) is 0 Å². The molecule has 20 nitrogen and oxygen atoms in total. The summed E-state index contributed by atoms with van der Waals surface area (Å²) >= 11 is 7.89. The van der Waals surface area contributed by atoms with E-state index in [1.165, 1.54) is 0 Å². The van der Waals surface area contributed by atoms with Gasteiger partial charge in [0.1, 0.15) is 29.5 Å². The summed E-state index contributed by atoms with van der Waals surface area (Å²) in [7, 11) is 2.07. The van der Waals surface area contributed by atoms with E-state index in [1.54, 1.807) is 33.2 Å². The second-order valence-electron chi connectivity index (χ2n) is 20.3. The maximum Gasteiger partial charge on any atom is 0.305 e. The summed E-state index contributed by atoms with van der Waals surface area (Å²) in [6.07, 6.45) is 7.01. The normalized spacial score (nSPS) is 18.9. The minimum absolute atomic E-state index is 0.0424. The Labute approximate surface area is 462 Å². The average molecular weight is 1100 g/mol. The number of aryl methyl sites for hydroxylation is 2. The molecule has 22 heteroatoms. The van der Waals surface area contributed by atoms with Gasteiger partial charge < -0.3 is 39.1 Å². The Morgan fingerprint density at radius 2 is 1.67 bits per heavy atom. The van der Waals surface area contributed by atoms with E-state index in [9.17, 15) is 24.0 Å². The van der Waals surface area contributed by atoms with Gasteiger partial charge in [0.05, 0.1) is 55.2 Å². The number of fused-ring (bicyclic) bond motifs is 4. The van der Waals surface area contributed by atoms with Crippen molar-refractivity contribution < 1.29 is 38.2 Å². The van der Waals surface area contributed by atoms with Crippen LogP contribution in [0.3, 0.4) is 0 Å². The number of halogens is 1. The molecule has 2 atom stereocenters. The van der Waals surface area contributed by atoms with Crippen LogP contribution < -0.4 is 10.6 Å². The molecule has 4 amide bonds. The fourth-order valence-corrected chi connectivity index (χ4v) is 11.9. The van der Waals surface area contributed by atoms with E-state index in [2.05, 4.69) is 54.6 Å². The van der Waals surface area contributed by atoms with E-state index >= 15 is 0 Å². The number of nitrogens with zero attached hydrogens (tertiary/aromatic N) is 10. The number of thiophene rings is 1. The molecule has 0 radical (unpaired) electrons. The van der Waals surface area contributed by atoms with Gasteiger partial charge in [-0.2, -0.15) is 5.10 Å². The van der Waals surface area contributed by atoms with Gasteiger partial charge in [-0.3, -0.25) is 43.5 Å². The van der Waals surface area contributed by atoms with Crippen LogP contribution in [0.4, 0.5) is 5.69 Å². The number of likely N-dealkylation sites (N-methyl/N-ethyl adjacent to an activating group) is 1. The maximum absolute atomic E-state index is 13.7. The van der Waals surface area contributed by atoms with E-state index < -0.39 is 18.0 Å². The van der Waals surface area contributed by atoms with Crippen molar-refractivity contribution in [3.8, 4) is 16.8 Å². The summed E-state index contributed by atoms with van der Waals surface area (Å²) in [5.41, 5.74) is 6.67. The summed E-state index contributed by atoms with van der Waals surface area (Å²) in [4.78, 5) is 78.0. The molecule has 0 spiro atoms. The molecule has 3 fully saturated rings. The Balaban J connectivity index is 0.624. The summed E-state index contributed by atoms with van der Waals surface area (Å²) in [6, 6.07) is 12.3. The molecule has 410 valence electrons. The number of benzene rings is 2. The van der Waals surface area contributed by atoms with Crippen molar-refractivity contribution in [2.24, 2.45) is 4.99 Å². The molecule has 5 aromatic rings. The molecule has 8 heterocycles. The number of piperazine rings is 1. The largest absolute Gasteiger partial charge is 0.463 e. The first-order valence-corrected chi connectivity index (χ1v) is 28.0. The third-order valence-corrected chi connectivity index (χ3v) is 16.5. The van der Waals surface area contributed by atoms with Gasteiger partial charge in [-0.15, -0.1) is 21.5 Å². The van der Waals surface area contributed by atoms with Gasteiger partial charge in [-0.1, -0.05) is 41.6 Å². The van der Waals surface area contributed by atoms with Crippen LogP contribution >= 0.6 is 22.9 Å². The predicted octanol–water partition coefficient (Wildman–Crippen LogP) is 4.95. The molecular weight excluding hydrogens is 1040 g/mol. The molecule has 3 saturated heterocycles. The lowest BCUT2D eigenvalue weighted by molar-refractivity contribution is -0.145. The van der Waals surface area contributed by atoms with E-state index in [0.29, 0.717) is 81.1 Å². The number of aromatic nitrogens is 5. The van der Waals surface area contributed by atoms with Gasteiger partial charge >= 0.3 is 5.97 Å². The molecule has 10 rings (SSSR count). The molecule has 1 unspecified atom stereocenters. The van der Waals surface area contributed by atoms with E-state index in [4.69, 9.17) is 30.8 Å². The quantitative estimate of drug-likeness (QED) is 0.0486. The molecule has 2 N–H and O–H groups in total. The van der Waals surface area contributed by atoms with Gasteiger partial charge in [0.15, 0.2) is 5.82 Å². The number of rotatable bonds is 19. The van der Waals surface area contributed by atoms with Crippen LogP contribution in [-0.4, -0.2) is 177 Å². The number of hydrogen-bond acceptors (Lipinski definition) is 16. The molecule has 5 aliphatic rings. The second-order valence-corrected chi connectivity index (χ2v) is 21.8. The molecule has 78 heavy (non-hydrogen) atoms. The van der Waals surface area contributed by atoms with Crippen LogP contribution in [0.15, 0.2) is 59.9 Å². The smallest absolute Gasteiger partial charge is 0.305 e. The van der Waals surface area contributed by atoms with Crippen molar-refractivity contribution >= 4 is 63.9 Å². The van der Waals surface area contributed by atoms with Crippen LogP contribution in [0.5, 0.6) is 0 Å². The van der Waals surface area contributed by atoms with Gasteiger partial charge in [-0.05, 0) is 76.4 Å². The van der Waals surface area contributed by atoms with Crippen LogP contribution in [0.2, 0.25) is 5.02 Å². The standard InChI is InChI=1S/C56H65ClN12O8S/c1-36-47(78-56-51(36)52(39-10-12-40(57)13-11-39)60-45(53-63-62-37(2)69(53)56)32-49(71)66-24-22-64(3)23-25-66)15-9-38-33-58-67(34-38)19-5-8-50(72)77-31-30-76-29-28-75-27-26-65-20-17-41(18-21-65)59-44-7-4-6-42-43(44)35-68(55(42)74)46-14-16-48(70)61-54(46)73/h4,6-7,10-13,33-34,41,45-46,59H,5,8,14,16-32,35H2,1-3H3,(H,61,70,73)/t45-,46?/m0/s1. The van der Waals surface area contributed by atoms with E-state index in [1.807, 2.05) is 65.9 Å². The molecular formula is C56H65ClN12O8S. The zero-order valence-corrected chi connectivity index (χ0v) is 45.9. The number of anilines is 1. The summed E-state index contributed by atoms with van der Waals surface area (Å²) in [6.45, 7) is 12.3. The van der Waals surface area contributed by atoms with Gasteiger partial charge in [0.2, 0.25) is 17.7 Å². The highest BCUT2D eigenvalue weighted by Crippen LogP contribution is 2.40. The Hall–Kier alpha value is -6.80. The van der Waals surface area contributed by atoms with Crippen molar-refractivity contribution in [1.82, 2.24) is 49.5 Å². The van der Waals surface area contributed by atoms with Crippen molar-refractivity contribution in [2.45, 2.75) is 90.0 Å². The average Bonchev–Trinajstić information content (AvgIpc) is 4.42. The topological polar surface area (TPSA) is 211 Å². The highest BCUT2D eigenvalue weighted by molar-refractivity contribution is 7.15.